The Morgan fingerprint density at radius 1 is 1.40 bits per heavy atom. The first kappa shape index (κ1) is 12.6. The third-order valence-electron chi connectivity index (χ3n) is 2.04. The van der Waals surface area contributed by atoms with E-state index in [4.69, 9.17) is 0 Å². The molecule has 0 radical (unpaired) electrons. The SMILES string of the molecule is CCCN1NC(C(F)(F)F)CN1C(F)F. The number of alkyl halides is 5. The van der Waals surface area contributed by atoms with Crippen LogP contribution in [0.25, 0.3) is 0 Å². The first-order valence-electron chi connectivity index (χ1n) is 4.51. The van der Waals surface area contributed by atoms with Crippen LogP contribution in [0.1, 0.15) is 13.3 Å². The summed E-state index contributed by atoms with van der Waals surface area (Å²) < 4.78 is 61.5. The summed E-state index contributed by atoms with van der Waals surface area (Å²) in [6.45, 7) is -1.85. The molecule has 1 aliphatic heterocycles. The molecule has 0 aromatic rings. The van der Waals surface area contributed by atoms with Gasteiger partial charge in [-0.15, -0.1) is 0 Å². The van der Waals surface area contributed by atoms with Crippen molar-refractivity contribution in [3.05, 3.63) is 0 Å². The van der Waals surface area contributed by atoms with Crippen LogP contribution in [0.5, 0.6) is 0 Å². The lowest BCUT2D eigenvalue weighted by Gasteiger charge is -2.25. The van der Waals surface area contributed by atoms with E-state index in [2.05, 4.69) is 0 Å². The minimum absolute atomic E-state index is 0.122. The number of hydrogen-bond acceptors (Lipinski definition) is 3. The fourth-order valence-electron chi connectivity index (χ4n) is 1.35. The molecule has 0 saturated carbocycles. The molecule has 8 heteroatoms. The molecule has 1 fully saturated rings. The van der Waals surface area contributed by atoms with E-state index >= 15 is 0 Å². The lowest BCUT2D eigenvalue weighted by molar-refractivity contribution is -0.156. The Morgan fingerprint density at radius 2 is 2.00 bits per heavy atom. The van der Waals surface area contributed by atoms with Gasteiger partial charge in [0, 0.05) is 13.1 Å². The summed E-state index contributed by atoms with van der Waals surface area (Å²) in [7, 11) is 0. The standard InChI is InChI=1S/C7H12F5N3/c1-2-3-15-13-5(7(10,11)12)4-14(15)6(8)9/h5-6,13H,2-4H2,1H3. The Morgan fingerprint density at radius 3 is 2.40 bits per heavy atom. The fraction of sp³-hybridized carbons (Fsp3) is 1.00. The van der Waals surface area contributed by atoms with Crippen molar-refractivity contribution in [1.29, 1.82) is 0 Å². The molecule has 3 nitrogen and oxygen atoms in total. The highest BCUT2D eigenvalue weighted by atomic mass is 19.4. The summed E-state index contributed by atoms with van der Waals surface area (Å²) in [5, 5.41) is 1.23. The molecule has 0 bridgehead atoms. The maximum absolute atomic E-state index is 12.4. The Kier molecular flexibility index (Phi) is 3.85. The number of nitrogens with one attached hydrogen (secondary N) is 1. The predicted octanol–water partition coefficient (Wildman–Crippen LogP) is 1.59. The molecule has 0 spiro atoms. The van der Waals surface area contributed by atoms with Crippen molar-refractivity contribution in [2.75, 3.05) is 13.1 Å². The van der Waals surface area contributed by atoms with Gasteiger partial charge in [0.25, 0.3) is 0 Å². The van der Waals surface area contributed by atoms with Gasteiger partial charge in [-0.25, -0.2) is 5.43 Å². The number of halogens is 5. The summed E-state index contributed by atoms with van der Waals surface area (Å²) in [4.78, 5) is 0. The highest BCUT2D eigenvalue weighted by Gasteiger charge is 2.48. The van der Waals surface area contributed by atoms with Crippen molar-refractivity contribution in [1.82, 2.24) is 15.6 Å². The van der Waals surface area contributed by atoms with Crippen LogP contribution < -0.4 is 5.43 Å². The number of rotatable bonds is 3. The second-order valence-corrected chi connectivity index (χ2v) is 3.25. The van der Waals surface area contributed by atoms with Gasteiger partial charge in [0.05, 0.1) is 0 Å². The van der Waals surface area contributed by atoms with E-state index in [1.807, 2.05) is 5.43 Å². The Balaban J connectivity index is 2.65. The molecule has 1 aliphatic rings. The van der Waals surface area contributed by atoms with Crippen LogP contribution >= 0.6 is 0 Å². The normalized spacial score (nSPS) is 25.4. The molecule has 1 rings (SSSR count). The van der Waals surface area contributed by atoms with E-state index < -0.39 is 25.3 Å². The van der Waals surface area contributed by atoms with Gasteiger partial charge < -0.3 is 0 Å². The average Bonchev–Trinajstić information content (AvgIpc) is 2.48. The van der Waals surface area contributed by atoms with Crippen molar-refractivity contribution >= 4 is 0 Å². The monoisotopic (exact) mass is 233 g/mol. The third-order valence-corrected chi connectivity index (χ3v) is 2.04. The quantitative estimate of drug-likeness (QED) is 0.590. The van der Waals surface area contributed by atoms with E-state index in [1.165, 1.54) is 0 Å². The van der Waals surface area contributed by atoms with Crippen molar-refractivity contribution in [2.24, 2.45) is 0 Å². The van der Waals surface area contributed by atoms with Crippen LogP contribution in [0.3, 0.4) is 0 Å². The van der Waals surface area contributed by atoms with Gasteiger partial charge in [0.2, 0.25) is 0 Å². The van der Waals surface area contributed by atoms with Gasteiger partial charge in [0.1, 0.15) is 6.04 Å². The van der Waals surface area contributed by atoms with E-state index in [0.717, 1.165) is 5.12 Å². The molecule has 15 heavy (non-hydrogen) atoms. The van der Waals surface area contributed by atoms with Gasteiger partial charge in [0.15, 0.2) is 0 Å². The van der Waals surface area contributed by atoms with Crippen molar-refractivity contribution in [3.8, 4) is 0 Å². The lowest BCUT2D eigenvalue weighted by Crippen LogP contribution is -2.47. The second-order valence-electron chi connectivity index (χ2n) is 3.25. The molecule has 1 atom stereocenters. The summed E-state index contributed by atoms with van der Waals surface area (Å²) in [6.07, 6.45) is -4.02. The Hall–Kier alpha value is -0.470. The molecule has 1 saturated heterocycles. The zero-order valence-electron chi connectivity index (χ0n) is 8.06. The van der Waals surface area contributed by atoms with Crippen LogP contribution in [0, 0.1) is 0 Å². The smallest absolute Gasteiger partial charge is 0.228 e. The van der Waals surface area contributed by atoms with Gasteiger partial charge in [-0.1, -0.05) is 6.92 Å². The average molecular weight is 233 g/mol. The third kappa shape index (κ3) is 2.99. The molecule has 0 amide bonds. The van der Waals surface area contributed by atoms with Crippen LogP contribution in [0.4, 0.5) is 22.0 Å². The molecule has 0 aromatic carbocycles. The molecule has 1 heterocycles. The predicted molar refractivity (Wildman–Crippen MR) is 42.7 cm³/mol. The Bertz CT molecular complexity index is 207. The van der Waals surface area contributed by atoms with E-state index in [1.54, 1.807) is 6.92 Å². The number of hydrogen-bond donors (Lipinski definition) is 1. The molecular formula is C7H12F5N3. The van der Waals surface area contributed by atoms with Crippen LogP contribution in [-0.2, 0) is 0 Å². The minimum atomic E-state index is -4.50. The van der Waals surface area contributed by atoms with Gasteiger partial charge in [-0.3, -0.25) is 0 Å². The minimum Gasteiger partial charge on any atom is -0.228 e. The summed E-state index contributed by atoms with van der Waals surface area (Å²) in [6, 6.07) is -1.92. The highest BCUT2D eigenvalue weighted by Crippen LogP contribution is 2.26. The summed E-state index contributed by atoms with van der Waals surface area (Å²) in [5.74, 6) is 0. The lowest BCUT2D eigenvalue weighted by atomic mass is 10.3. The van der Waals surface area contributed by atoms with Crippen LogP contribution in [0.15, 0.2) is 0 Å². The zero-order valence-corrected chi connectivity index (χ0v) is 8.06. The van der Waals surface area contributed by atoms with E-state index in [0.29, 0.717) is 11.4 Å². The van der Waals surface area contributed by atoms with E-state index in [9.17, 15) is 22.0 Å². The Labute approximate surface area is 83.8 Å². The van der Waals surface area contributed by atoms with Crippen molar-refractivity contribution in [2.45, 2.75) is 32.1 Å². The first-order chi connectivity index (χ1) is 6.86. The number of hydrazine groups is 2. The van der Waals surface area contributed by atoms with Gasteiger partial charge in [-0.2, -0.15) is 32.1 Å². The molecule has 90 valence electrons. The number of nitrogens with zero attached hydrogens (tertiary/aromatic N) is 2. The largest absolute Gasteiger partial charge is 0.406 e. The van der Waals surface area contributed by atoms with Crippen LogP contribution in [0.2, 0.25) is 0 Å². The first-order valence-corrected chi connectivity index (χ1v) is 4.51. The molecule has 1 unspecified atom stereocenters. The maximum Gasteiger partial charge on any atom is 0.406 e. The maximum atomic E-state index is 12.4. The molecule has 0 aromatic heterocycles. The topological polar surface area (TPSA) is 18.5 Å². The van der Waals surface area contributed by atoms with Crippen LogP contribution in [-0.4, -0.2) is 42.0 Å². The van der Waals surface area contributed by atoms with Gasteiger partial charge >= 0.3 is 12.7 Å². The molecule has 0 aliphatic carbocycles. The zero-order chi connectivity index (χ0) is 11.6. The highest BCUT2D eigenvalue weighted by molar-refractivity contribution is 4.82. The summed E-state index contributed by atoms with van der Waals surface area (Å²) >= 11 is 0. The van der Waals surface area contributed by atoms with Crippen molar-refractivity contribution < 1.29 is 22.0 Å². The fourth-order valence-corrected chi connectivity index (χ4v) is 1.35. The summed E-state index contributed by atoms with van der Waals surface area (Å²) in [5.41, 5.74) is 2.02. The second kappa shape index (κ2) is 4.58. The van der Waals surface area contributed by atoms with Crippen molar-refractivity contribution in [3.63, 3.8) is 0 Å². The van der Waals surface area contributed by atoms with Gasteiger partial charge in [-0.05, 0) is 6.42 Å². The molecular weight excluding hydrogens is 221 g/mol. The van der Waals surface area contributed by atoms with E-state index in [-0.39, 0.29) is 6.54 Å². The molecule has 1 N–H and O–H groups in total.